The van der Waals surface area contributed by atoms with E-state index in [4.69, 9.17) is 11.6 Å². The van der Waals surface area contributed by atoms with Gasteiger partial charge in [-0.15, -0.1) is 11.3 Å². The van der Waals surface area contributed by atoms with Gasteiger partial charge in [0.05, 0.1) is 4.34 Å². The number of thiophene rings is 1. The van der Waals surface area contributed by atoms with E-state index in [9.17, 15) is 17.2 Å². The molecular weight excluding hydrogens is 396 g/mol. The van der Waals surface area contributed by atoms with Crippen molar-refractivity contribution in [3.8, 4) is 0 Å². The predicted octanol–water partition coefficient (Wildman–Crippen LogP) is 4.55. The molecule has 24 heavy (non-hydrogen) atoms. The maximum atomic E-state index is 14.0. The lowest BCUT2D eigenvalue weighted by molar-refractivity contribution is 0.428. The van der Waals surface area contributed by atoms with Gasteiger partial charge in [-0.3, -0.25) is 0 Å². The predicted molar refractivity (Wildman–Crippen MR) is 94.3 cm³/mol. The maximum absolute atomic E-state index is 14.0. The monoisotopic (exact) mass is 409 g/mol. The Bertz CT molecular complexity index is 841. The summed E-state index contributed by atoms with van der Waals surface area (Å²) in [5.74, 6) is -0.442. The van der Waals surface area contributed by atoms with Crippen molar-refractivity contribution in [1.29, 1.82) is 0 Å². The third-order valence-electron chi connectivity index (χ3n) is 3.75. The zero-order valence-corrected chi connectivity index (χ0v) is 15.6. The van der Waals surface area contributed by atoms with Crippen LogP contribution in [0.1, 0.15) is 17.2 Å². The minimum atomic E-state index is -3.60. The summed E-state index contributed by atoms with van der Waals surface area (Å²) in [5.41, 5.74) is 0.290. The van der Waals surface area contributed by atoms with Gasteiger partial charge in [-0.1, -0.05) is 11.6 Å². The van der Waals surface area contributed by atoms with Crippen LogP contribution in [0.25, 0.3) is 0 Å². The first-order valence-electron chi connectivity index (χ1n) is 7.20. The molecule has 0 aliphatic carbocycles. The Morgan fingerprint density at radius 3 is 2.67 bits per heavy atom. The van der Waals surface area contributed by atoms with Crippen LogP contribution in [-0.4, -0.2) is 31.6 Å². The van der Waals surface area contributed by atoms with Gasteiger partial charge in [0.15, 0.2) is 0 Å². The Morgan fingerprint density at radius 1 is 1.17 bits per heavy atom. The number of hydrogen-bond acceptors (Lipinski definition) is 4. The SMILES string of the molecule is O=S(=O)(c1ccc(Cl)s1)N1CCSC(c2cc(F)ccc2F)CC1. The van der Waals surface area contributed by atoms with Gasteiger partial charge in [0.25, 0.3) is 10.0 Å². The lowest BCUT2D eigenvalue weighted by atomic mass is 10.1. The molecule has 1 aliphatic rings. The zero-order valence-electron chi connectivity index (χ0n) is 12.4. The second-order valence-electron chi connectivity index (χ2n) is 5.28. The fourth-order valence-electron chi connectivity index (χ4n) is 2.56. The Balaban J connectivity index is 1.79. The molecule has 2 heterocycles. The van der Waals surface area contributed by atoms with E-state index >= 15 is 0 Å². The smallest absolute Gasteiger partial charge is 0.207 e. The van der Waals surface area contributed by atoms with E-state index in [1.54, 1.807) is 6.07 Å². The van der Waals surface area contributed by atoms with E-state index in [-0.39, 0.29) is 16.0 Å². The molecule has 0 bridgehead atoms. The molecule has 0 N–H and O–H groups in total. The van der Waals surface area contributed by atoms with Crippen LogP contribution in [0.4, 0.5) is 8.78 Å². The molecule has 1 aromatic heterocycles. The first-order valence-corrected chi connectivity index (χ1v) is 10.9. The van der Waals surface area contributed by atoms with E-state index in [1.165, 1.54) is 28.2 Å². The number of benzene rings is 1. The summed E-state index contributed by atoms with van der Waals surface area (Å²) in [6, 6.07) is 6.42. The average Bonchev–Trinajstić information content (AvgIpc) is 2.83. The molecule has 1 aromatic carbocycles. The van der Waals surface area contributed by atoms with E-state index in [1.807, 2.05) is 0 Å². The Labute approximate surface area is 152 Å². The highest BCUT2D eigenvalue weighted by Gasteiger charge is 2.30. The van der Waals surface area contributed by atoms with Gasteiger partial charge in [0.1, 0.15) is 15.8 Å². The van der Waals surface area contributed by atoms with Crippen LogP contribution in [-0.2, 0) is 10.0 Å². The largest absolute Gasteiger partial charge is 0.252 e. The summed E-state index contributed by atoms with van der Waals surface area (Å²) in [6.07, 6.45) is 0.420. The van der Waals surface area contributed by atoms with Crippen LogP contribution in [0.2, 0.25) is 4.34 Å². The topological polar surface area (TPSA) is 37.4 Å². The average molecular weight is 410 g/mol. The van der Waals surface area contributed by atoms with Crippen LogP contribution in [0.15, 0.2) is 34.5 Å². The van der Waals surface area contributed by atoms with Crippen molar-refractivity contribution in [2.45, 2.75) is 15.9 Å². The van der Waals surface area contributed by atoms with Gasteiger partial charge in [-0.25, -0.2) is 17.2 Å². The van der Waals surface area contributed by atoms with Crippen molar-refractivity contribution in [3.63, 3.8) is 0 Å². The van der Waals surface area contributed by atoms with E-state index < -0.39 is 21.7 Å². The fraction of sp³-hybridized carbons (Fsp3) is 0.333. The molecular formula is C15H14ClF2NO2S3. The number of nitrogens with zero attached hydrogens (tertiary/aromatic N) is 1. The lowest BCUT2D eigenvalue weighted by Gasteiger charge is -2.19. The summed E-state index contributed by atoms with van der Waals surface area (Å²) < 4.78 is 54.7. The first-order chi connectivity index (χ1) is 11.4. The third kappa shape index (κ3) is 3.77. The molecule has 0 saturated carbocycles. The van der Waals surface area contributed by atoms with Gasteiger partial charge in [-0.2, -0.15) is 16.1 Å². The second kappa shape index (κ2) is 7.29. The Kier molecular flexibility index (Phi) is 5.51. The van der Waals surface area contributed by atoms with Gasteiger partial charge < -0.3 is 0 Å². The molecule has 3 rings (SSSR count). The second-order valence-corrected chi connectivity index (χ2v) is 10.5. The molecule has 0 amide bonds. The van der Waals surface area contributed by atoms with Crippen LogP contribution in [0, 0.1) is 11.6 Å². The van der Waals surface area contributed by atoms with Crippen molar-refractivity contribution in [2.75, 3.05) is 18.8 Å². The van der Waals surface area contributed by atoms with Gasteiger partial charge >= 0.3 is 0 Å². The van der Waals surface area contributed by atoms with E-state index in [0.29, 0.717) is 28.6 Å². The zero-order chi connectivity index (χ0) is 17.3. The minimum absolute atomic E-state index is 0.202. The number of thioether (sulfide) groups is 1. The molecule has 3 nitrogen and oxygen atoms in total. The van der Waals surface area contributed by atoms with Crippen LogP contribution >= 0.6 is 34.7 Å². The molecule has 1 aliphatic heterocycles. The lowest BCUT2D eigenvalue weighted by Crippen LogP contribution is -2.32. The van der Waals surface area contributed by atoms with Crippen molar-refractivity contribution in [1.82, 2.24) is 4.31 Å². The Morgan fingerprint density at radius 2 is 1.96 bits per heavy atom. The van der Waals surface area contributed by atoms with Crippen molar-refractivity contribution < 1.29 is 17.2 Å². The van der Waals surface area contributed by atoms with Gasteiger partial charge in [-0.05, 0) is 36.8 Å². The summed E-state index contributed by atoms with van der Waals surface area (Å²) in [6.45, 7) is 0.585. The third-order valence-corrected chi connectivity index (χ3v) is 8.66. The highest BCUT2D eigenvalue weighted by Crippen LogP contribution is 2.37. The Hall–Kier alpha value is -0.670. The molecule has 2 aromatic rings. The van der Waals surface area contributed by atoms with Gasteiger partial charge in [0, 0.05) is 29.7 Å². The number of hydrogen-bond donors (Lipinski definition) is 0. The summed E-state index contributed by atoms with van der Waals surface area (Å²) in [5, 5.41) is -0.271. The number of rotatable bonds is 3. The molecule has 1 saturated heterocycles. The van der Waals surface area contributed by atoms with Gasteiger partial charge in [0.2, 0.25) is 0 Å². The highest BCUT2D eigenvalue weighted by molar-refractivity contribution is 7.99. The summed E-state index contributed by atoms with van der Waals surface area (Å²) in [4.78, 5) is 0. The molecule has 130 valence electrons. The standard InChI is InChI=1S/C15H14ClF2NO2S3/c16-14-3-4-15(23-14)24(20,21)19-6-5-13(22-8-7-19)11-9-10(17)1-2-12(11)18/h1-4,9,13H,5-8H2. The molecule has 1 unspecified atom stereocenters. The highest BCUT2D eigenvalue weighted by atomic mass is 35.5. The molecule has 1 fully saturated rings. The summed E-state index contributed by atoms with van der Waals surface area (Å²) >= 11 is 8.29. The van der Waals surface area contributed by atoms with Crippen molar-refractivity contribution in [3.05, 3.63) is 51.9 Å². The first kappa shape index (κ1) is 18.1. The summed E-state index contributed by atoms with van der Waals surface area (Å²) in [7, 11) is -3.60. The molecule has 1 atom stereocenters. The number of halogens is 3. The van der Waals surface area contributed by atoms with Crippen LogP contribution in [0.5, 0.6) is 0 Å². The van der Waals surface area contributed by atoms with E-state index in [0.717, 1.165) is 23.5 Å². The normalized spacial score (nSPS) is 20.0. The minimum Gasteiger partial charge on any atom is -0.207 e. The molecule has 0 spiro atoms. The van der Waals surface area contributed by atoms with Crippen molar-refractivity contribution >= 4 is 44.7 Å². The fourth-order valence-corrected chi connectivity index (χ4v) is 7.01. The van der Waals surface area contributed by atoms with E-state index in [2.05, 4.69) is 0 Å². The quantitative estimate of drug-likeness (QED) is 0.746. The molecule has 9 heteroatoms. The maximum Gasteiger partial charge on any atom is 0.252 e. The van der Waals surface area contributed by atoms with Crippen LogP contribution in [0.3, 0.4) is 0 Å². The number of sulfonamides is 1. The molecule has 0 radical (unpaired) electrons. The van der Waals surface area contributed by atoms with Crippen molar-refractivity contribution in [2.24, 2.45) is 0 Å². The van der Waals surface area contributed by atoms with Crippen LogP contribution < -0.4 is 0 Å².